The molecule has 1 fully saturated rings. The van der Waals surface area contributed by atoms with Gasteiger partial charge in [-0.2, -0.15) is 0 Å². The largest absolute Gasteiger partial charge is 0.330 e. The Kier molecular flexibility index (Phi) is 3.66. The maximum Gasteiger partial charge on any atom is 0.0759 e. The van der Waals surface area contributed by atoms with Crippen LogP contribution < -0.4 is 0 Å². The Labute approximate surface area is 69.3 Å². The molecule has 3 heteroatoms. The molecule has 0 aromatic rings. The summed E-state index contributed by atoms with van der Waals surface area (Å²) in [6.45, 7) is 3.66. The Morgan fingerprint density at radius 3 is 2.50 bits per heavy atom. The minimum atomic E-state index is 0.271. The Balaban J connectivity index is 2.29. The quantitative estimate of drug-likeness (QED) is 0.526. The van der Waals surface area contributed by atoms with Crippen molar-refractivity contribution in [3.63, 3.8) is 0 Å². The van der Waals surface area contributed by atoms with E-state index in [1.54, 1.807) is 0 Å². The van der Waals surface area contributed by atoms with Gasteiger partial charge in [0.25, 0.3) is 0 Å². The maximum atomic E-state index is 2.79. The van der Waals surface area contributed by atoms with Gasteiger partial charge >= 0.3 is 0 Å². The van der Waals surface area contributed by atoms with E-state index in [1.165, 1.54) is 42.0 Å². The van der Waals surface area contributed by atoms with Crippen molar-refractivity contribution in [3.05, 3.63) is 0 Å². The van der Waals surface area contributed by atoms with Crippen LogP contribution in [0.25, 0.3) is 0 Å². The summed E-state index contributed by atoms with van der Waals surface area (Å²) in [7, 11) is 1.75. The van der Waals surface area contributed by atoms with Gasteiger partial charge in [0.05, 0.1) is 9.20 Å². The van der Waals surface area contributed by atoms with E-state index in [2.05, 4.69) is 11.5 Å². The summed E-state index contributed by atoms with van der Waals surface area (Å²) in [5.74, 6) is 0. The van der Waals surface area contributed by atoms with Crippen LogP contribution in [-0.2, 0) is 0 Å². The van der Waals surface area contributed by atoms with Crippen LogP contribution in [0.3, 0.4) is 0 Å². The number of rotatable bonds is 3. The first-order valence-corrected chi connectivity index (χ1v) is 10.9. The zero-order valence-electron chi connectivity index (χ0n) is 7.27. The molecule has 1 aliphatic carbocycles. The van der Waals surface area contributed by atoms with Gasteiger partial charge in [0, 0.05) is 15.8 Å². The van der Waals surface area contributed by atoms with Gasteiger partial charge in [-0.15, -0.1) is 0 Å². The van der Waals surface area contributed by atoms with Gasteiger partial charge < -0.3 is 4.57 Å². The molecule has 0 unspecified atom stereocenters. The summed E-state index contributed by atoms with van der Waals surface area (Å²) in [6, 6.07) is 1.02. The summed E-state index contributed by atoms with van der Waals surface area (Å²) in [5, 5.41) is 0. The second-order valence-corrected chi connectivity index (χ2v) is 6.50. The predicted octanol–water partition coefficient (Wildman–Crippen LogP) is -0.385. The lowest BCUT2D eigenvalue weighted by Crippen LogP contribution is -2.36. The highest BCUT2D eigenvalue weighted by atomic mass is 29.1. The van der Waals surface area contributed by atoms with Crippen LogP contribution in [0.1, 0.15) is 32.6 Å². The van der Waals surface area contributed by atoms with Crippen LogP contribution >= 0.6 is 0 Å². The van der Waals surface area contributed by atoms with Gasteiger partial charge in [-0.3, -0.25) is 0 Å². The maximum absolute atomic E-state index is 2.79. The average Bonchev–Trinajstić information content (AvgIpc) is 2.43. The van der Waals surface area contributed by atoms with Crippen molar-refractivity contribution >= 4 is 19.0 Å². The highest BCUT2D eigenvalue weighted by molar-refractivity contribution is 6.87. The van der Waals surface area contributed by atoms with E-state index in [1.807, 2.05) is 0 Å². The standard InChI is InChI=1S/C7H19NSi2/c1-2-8(10-9)7-5-3-4-6-7/h7H,2-6,10H2,1,9H3. The third-order valence-electron chi connectivity index (χ3n) is 2.65. The lowest BCUT2D eigenvalue weighted by atomic mass is 10.2. The van der Waals surface area contributed by atoms with Gasteiger partial charge in [0.15, 0.2) is 0 Å². The van der Waals surface area contributed by atoms with E-state index in [0.717, 1.165) is 6.04 Å². The fourth-order valence-corrected chi connectivity index (χ4v) is 6.23. The monoisotopic (exact) mass is 173 g/mol. The van der Waals surface area contributed by atoms with Crippen LogP contribution in [0.2, 0.25) is 0 Å². The van der Waals surface area contributed by atoms with Crippen LogP contribution in [0.15, 0.2) is 0 Å². The molecule has 1 saturated carbocycles. The molecule has 10 heavy (non-hydrogen) atoms. The Hall–Kier alpha value is 0.394. The van der Waals surface area contributed by atoms with Gasteiger partial charge in [0.1, 0.15) is 0 Å². The van der Waals surface area contributed by atoms with Gasteiger partial charge in [-0.1, -0.05) is 19.8 Å². The molecule has 0 atom stereocenters. The molecule has 0 saturated heterocycles. The van der Waals surface area contributed by atoms with Crippen molar-refractivity contribution in [1.82, 2.24) is 4.57 Å². The van der Waals surface area contributed by atoms with Crippen molar-refractivity contribution in [2.45, 2.75) is 38.6 Å². The van der Waals surface area contributed by atoms with Crippen LogP contribution in [0.4, 0.5) is 0 Å². The second-order valence-electron chi connectivity index (χ2n) is 3.16. The fraction of sp³-hybridized carbons (Fsp3) is 1.00. The number of hydrogen-bond acceptors (Lipinski definition) is 1. The molecule has 0 bridgehead atoms. The minimum Gasteiger partial charge on any atom is -0.330 e. The lowest BCUT2D eigenvalue weighted by Gasteiger charge is -2.25. The van der Waals surface area contributed by atoms with E-state index in [4.69, 9.17) is 0 Å². The molecule has 0 heterocycles. The lowest BCUT2D eigenvalue weighted by molar-refractivity contribution is 0.354. The van der Waals surface area contributed by atoms with E-state index >= 15 is 0 Å². The molecule has 0 aromatic heterocycles. The molecule has 1 aliphatic rings. The Bertz CT molecular complexity index is 87.6. The van der Waals surface area contributed by atoms with Crippen molar-refractivity contribution in [2.75, 3.05) is 6.54 Å². The smallest absolute Gasteiger partial charge is 0.0759 e. The SMILES string of the molecule is CCN([SiH2][SiH3])C1CCCC1. The first kappa shape index (κ1) is 8.49. The van der Waals surface area contributed by atoms with Crippen molar-refractivity contribution in [1.29, 1.82) is 0 Å². The Morgan fingerprint density at radius 1 is 1.50 bits per heavy atom. The molecule has 1 nitrogen and oxygen atoms in total. The van der Waals surface area contributed by atoms with Crippen LogP contribution in [0, 0.1) is 0 Å². The predicted molar refractivity (Wildman–Crippen MR) is 53.1 cm³/mol. The van der Waals surface area contributed by atoms with Crippen molar-refractivity contribution < 1.29 is 0 Å². The highest BCUT2D eigenvalue weighted by Crippen LogP contribution is 2.21. The topological polar surface area (TPSA) is 3.24 Å². The third kappa shape index (κ3) is 1.94. The molecule has 0 radical (unpaired) electrons. The zero-order chi connectivity index (χ0) is 7.40. The molecule has 0 amide bonds. The second kappa shape index (κ2) is 4.31. The summed E-state index contributed by atoms with van der Waals surface area (Å²) >= 11 is 0. The van der Waals surface area contributed by atoms with E-state index in [-0.39, 0.29) is 9.20 Å². The van der Waals surface area contributed by atoms with Crippen molar-refractivity contribution in [3.8, 4) is 0 Å². The average molecular weight is 173 g/mol. The first-order chi connectivity index (χ1) is 4.88. The molecular formula is C7H19NSi2. The molecule has 0 aliphatic heterocycles. The molecule has 60 valence electrons. The molecule has 0 N–H and O–H groups in total. The van der Waals surface area contributed by atoms with Gasteiger partial charge in [-0.05, 0) is 19.4 Å². The third-order valence-corrected chi connectivity index (χ3v) is 6.87. The summed E-state index contributed by atoms with van der Waals surface area (Å²) in [6.07, 6.45) is 6.00. The van der Waals surface area contributed by atoms with Crippen LogP contribution in [0.5, 0.6) is 0 Å². The molecule has 1 rings (SSSR count). The van der Waals surface area contributed by atoms with Gasteiger partial charge in [-0.25, -0.2) is 0 Å². The number of nitrogens with zero attached hydrogens (tertiary/aromatic N) is 1. The van der Waals surface area contributed by atoms with E-state index in [0.29, 0.717) is 0 Å². The van der Waals surface area contributed by atoms with Gasteiger partial charge in [0.2, 0.25) is 0 Å². The number of hydrogen-bond donors (Lipinski definition) is 0. The summed E-state index contributed by atoms with van der Waals surface area (Å²) < 4.78 is 2.79. The fourth-order valence-electron chi connectivity index (χ4n) is 2.01. The van der Waals surface area contributed by atoms with E-state index < -0.39 is 0 Å². The minimum absolute atomic E-state index is 0.271. The molecular weight excluding hydrogens is 154 g/mol. The van der Waals surface area contributed by atoms with Crippen molar-refractivity contribution in [2.24, 2.45) is 0 Å². The summed E-state index contributed by atoms with van der Waals surface area (Å²) in [4.78, 5) is 0. The molecule has 0 aromatic carbocycles. The normalized spacial score (nSPS) is 22.2. The molecule has 0 spiro atoms. The van der Waals surface area contributed by atoms with E-state index in [9.17, 15) is 0 Å². The van der Waals surface area contributed by atoms with Crippen LogP contribution in [-0.4, -0.2) is 36.1 Å². The highest BCUT2D eigenvalue weighted by Gasteiger charge is 2.18. The first-order valence-electron chi connectivity index (χ1n) is 4.62. The zero-order valence-corrected chi connectivity index (χ0v) is 10.7. The summed E-state index contributed by atoms with van der Waals surface area (Å²) in [5.41, 5.74) is 0. The Morgan fingerprint density at radius 2 is 2.10 bits per heavy atom.